The highest BCUT2D eigenvalue weighted by atomic mass is 79.9. The zero-order valence-corrected chi connectivity index (χ0v) is 11.9. The number of anilines is 1. The fraction of sp³-hybridized carbons (Fsp3) is 0.364. The van der Waals surface area contributed by atoms with Crippen LogP contribution in [0.25, 0.3) is 11.0 Å². The molecule has 1 aromatic carbocycles. The first kappa shape index (κ1) is 12.4. The van der Waals surface area contributed by atoms with Crippen LogP contribution in [-0.4, -0.2) is 19.5 Å². The molecule has 0 radical (unpaired) electrons. The lowest BCUT2D eigenvalue weighted by molar-refractivity contribution is -0.116. The molecule has 0 aliphatic heterocycles. The predicted octanol–water partition coefficient (Wildman–Crippen LogP) is 3.05. The summed E-state index contributed by atoms with van der Waals surface area (Å²) in [5, 5.41) is 2.87. The normalized spacial score (nSPS) is 12.9. The highest BCUT2D eigenvalue weighted by Crippen LogP contribution is 2.22. The molecule has 1 amide bonds. The number of fused-ring (bicyclic) bond motifs is 1. The Morgan fingerprint density at radius 1 is 1.41 bits per heavy atom. The van der Waals surface area contributed by atoms with E-state index >= 15 is 0 Å². The summed E-state index contributed by atoms with van der Waals surface area (Å²) in [6.07, 6.45) is 0. The van der Waals surface area contributed by atoms with E-state index in [0.717, 1.165) is 22.8 Å². The molecule has 0 saturated heterocycles. The van der Waals surface area contributed by atoms with Crippen LogP contribution in [0.15, 0.2) is 18.2 Å². The Morgan fingerprint density at radius 3 is 2.88 bits per heavy atom. The van der Waals surface area contributed by atoms with Crippen LogP contribution in [0.3, 0.4) is 0 Å². The Hall–Kier alpha value is -1.01. The fourth-order valence-corrected chi connectivity index (χ4v) is 2.08. The standard InChI is InChI=1S/C11H12BrN3OS/c1-6(2)9(12)11(16)13-7-4-3-5-8-10(7)15-17-14-8/h3-6,9H,1-2H3,(H,13,16). The number of halogens is 1. The number of nitrogens with one attached hydrogen (secondary N) is 1. The zero-order chi connectivity index (χ0) is 12.4. The van der Waals surface area contributed by atoms with Gasteiger partial charge in [0.2, 0.25) is 5.91 Å². The van der Waals surface area contributed by atoms with Gasteiger partial charge in [-0.05, 0) is 18.1 Å². The number of benzene rings is 1. The minimum atomic E-state index is -0.204. The van der Waals surface area contributed by atoms with E-state index in [1.54, 1.807) is 0 Å². The smallest absolute Gasteiger partial charge is 0.238 e. The van der Waals surface area contributed by atoms with E-state index in [9.17, 15) is 4.79 Å². The lowest BCUT2D eigenvalue weighted by Gasteiger charge is -2.13. The average Bonchev–Trinajstić information content (AvgIpc) is 2.76. The van der Waals surface area contributed by atoms with Crippen LogP contribution in [0.1, 0.15) is 13.8 Å². The first-order valence-corrected chi connectivity index (χ1v) is 6.90. The van der Waals surface area contributed by atoms with Crippen molar-refractivity contribution >= 4 is 50.3 Å². The van der Waals surface area contributed by atoms with E-state index in [0.29, 0.717) is 5.69 Å². The topological polar surface area (TPSA) is 54.9 Å². The van der Waals surface area contributed by atoms with Gasteiger partial charge < -0.3 is 5.32 Å². The number of alkyl halides is 1. The van der Waals surface area contributed by atoms with Gasteiger partial charge in [-0.1, -0.05) is 35.8 Å². The summed E-state index contributed by atoms with van der Waals surface area (Å²) < 4.78 is 8.31. The van der Waals surface area contributed by atoms with Crippen LogP contribution in [0, 0.1) is 5.92 Å². The largest absolute Gasteiger partial charge is 0.323 e. The van der Waals surface area contributed by atoms with E-state index in [2.05, 4.69) is 30.0 Å². The predicted molar refractivity (Wildman–Crippen MR) is 73.6 cm³/mol. The molecule has 1 atom stereocenters. The lowest BCUT2D eigenvalue weighted by atomic mass is 10.1. The molecule has 0 fully saturated rings. The van der Waals surface area contributed by atoms with Gasteiger partial charge in [0.25, 0.3) is 0 Å². The van der Waals surface area contributed by atoms with Crippen molar-refractivity contribution in [3.63, 3.8) is 0 Å². The molecule has 90 valence electrons. The summed E-state index contributed by atoms with van der Waals surface area (Å²) in [7, 11) is 0. The molecular formula is C11H12BrN3OS. The number of carbonyl (C=O) groups excluding carboxylic acids is 1. The molecule has 0 bridgehead atoms. The van der Waals surface area contributed by atoms with Gasteiger partial charge in [-0.15, -0.1) is 0 Å². The minimum Gasteiger partial charge on any atom is -0.323 e. The summed E-state index contributed by atoms with van der Waals surface area (Å²) in [5.74, 6) is 0.184. The van der Waals surface area contributed by atoms with Crippen LogP contribution in [0.2, 0.25) is 0 Å². The molecule has 0 aliphatic carbocycles. The highest BCUT2D eigenvalue weighted by molar-refractivity contribution is 9.10. The molecule has 0 aliphatic rings. The molecule has 6 heteroatoms. The van der Waals surface area contributed by atoms with Gasteiger partial charge in [-0.2, -0.15) is 8.75 Å². The molecule has 2 rings (SSSR count). The van der Waals surface area contributed by atoms with Crippen LogP contribution >= 0.6 is 27.7 Å². The van der Waals surface area contributed by atoms with Gasteiger partial charge in [0, 0.05) is 0 Å². The first-order valence-electron chi connectivity index (χ1n) is 5.26. The number of amides is 1. The minimum absolute atomic E-state index is 0.0551. The molecular weight excluding hydrogens is 302 g/mol. The zero-order valence-electron chi connectivity index (χ0n) is 9.48. The molecule has 17 heavy (non-hydrogen) atoms. The van der Waals surface area contributed by atoms with Crippen LogP contribution in [0.4, 0.5) is 5.69 Å². The van der Waals surface area contributed by atoms with Crippen molar-refractivity contribution in [2.45, 2.75) is 18.7 Å². The molecule has 1 unspecified atom stereocenters. The number of aromatic nitrogens is 2. The van der Waals surface area contributed by atoms with Gasteiger partial charge in [-0.25, -0.2) is 0 Å². The number of hydrogen-bond acceptors (Lipinski definition) is 4. The van der Waals surface area contributed by atoms with E-state index in [4.69, 9.17) is 0 Å². The molecule has 1 N–H and O–H groups in total. The van der Waals surface area contributed by atoms with Crippen LogP contribution < -0.4 is 5.32 Å². The number of hydrogen-bond donors (Lipinski definition) is 1. The van der Waals surface area contributed by atoms with Gasteiger partial charge in [0.1, 0.15) is 11.0 Å². The van der Waals surface area contributed by atoms with Gasteiger partial charge in [0.15, 0.2) is 0 Å². The van der Waals surface area contributed by atoms with E-state index in [1.165, 1.54) is 0 Å². The molecule has 2 aromatic rings. The second-order valence-corrected chi connectivity index (χ2v) is 5.59. The van der Waals surface area contributed by atoms with Gasteiger partial charge in [0.05, 0.1) is 22.2 Å². The molecule has 0 saturated carbocycles. The Morgan fingerprint density at radius 2 is 2.18 bits per heavy atom. The summed E-state index contributed by atoms with van der Waals surface area (Å²) in [6.45, 7) is 3.98. The maximum Gasteiger partial charge on any atom is 0.238 e. The first-order chi connectivity index (χ1) is 8.09. The number of nitrogens with zero attached hydrogens (tertiary/aromatic N) is 2. The van der Waals surface area contributed by atoms with Crippen molar-refractivity contribution in [3.8, 4) is 0 Å². The highest BCUT2D eigenvalue weighted by Gasteiger charge is 2.19. The van der Waals surface area contributed by atoms with E-state index in [1.807, 2.05) is 32.0 Å². The van der Waals surface area contributed by atoms with Gasteiger partial charge in [-0.3, -0.25) is 4.79 Å². The van der Waals surface area contributed by atoms with Crippen LogP contribution in [0.5, 0.6) is 0 Å². The van der Waals surface area contributed by atoms with Crippen molar-refractivity contribution in [2.24, 2.45) is 5.92 Å². The Kier molecular flexibility index (Phi) is 3.73. The molecule has 4 nitrogen and oxygen atoms in total. The Balaban J connectivity index is 2.24. The molecule has 1 aromatic heterocycles. The summed E-state index contributed by atoms with van der Waals surface area (Å²) in [4.78, 5) is 11.7. The molecule has 0 spiro atoms. The van der Waals surface area contributed by atoms with Crippen molar-refractivity contribution < 1.29 is 4.79 Å². The third-order valence-electron chi connectivity index (χ3n) is 2.38. The number of carbonyl (C=O) groups is 1. The second kappa shape index (κ2) is 5.10. The third kappa shape index (κ3) is 2.63. The second-order valence-electron chi connectivity index (χ2n) is 4.07. The fourth-order valence-electron chi connectivity index (χ4n) is 1.41. The van der Waals surface area contributed by atoms with Crippen molar-refractivity contribution in [1.29, 1.82) is 0 Å². The average molecular weight is 314 g/mol. The van der Waals surface area contributed by atoms with Gasteiger partial charge >= 0.3 is 0 Å². The monoisotopic (exact) mass is 313 g/mol. The summed E-state index contributed by atoms with van der Waals surface area (Å²) >= 11 is 4.52. The van der Waals surface area contributed by atoms with E-state index < -0.39 is 0 Å². The Labute approximate surface area is 112 Å². The third-order valence-corrected chi connectivity index (χ3v) is 4.40. The summed E-state index contributed by atoms with van der Waals surface area (Å²) in [6, 6.07) is 5.57. The Bertz CT molecular complexity index is 540. The van der Waals surface area contributed by atoms with E-state index in [-0.39, 0.29) is 16.7 Å². The van der Waals surface area contributed by atoms with Crippen LogP contribution in [-0.2, 0) is 4.79 Å². The van der Waals surface area contributed by atoms with Crippen molar-refractivity contribution in [3.05, 3.63) is 18.2 Å². The maximum absolute atomic E-state index is 11.9. The van der Waals surface area contributed by atoms with Crippen molar-refractivity contribution in [1.82, 2.24) is 8.75 Å². The van der Waals surface area contributed by atoms with Crippen molar-refractivity contribution in [2.75, 3.05) is 5.32 Å². The number of rotatable bonds is 3. The lowest BCUT2D eigenvalue weighted by Crippen LogP contribution is -2.27. The molecule has 1 heterocycles. The maximum atomic E-state index is 11.9. The quantitative estimate of drug-likeness (QED) is 0.886. The SMILES string of the molecule is CC(C)C(Br)C(=O)Nc1cccc2nsnc12. The summed E-state index contributed by atoms with van der Waals surface area (Å²) in [5.41, 5.74) is 2.27.